The fourth-order valence-corrected chi connectivity index (χ4v) is 5.54. The molecule has 232 valence electrons. The van der Waals surface area contributed by atoms with Crippen molar-refractivity contribution in [2.45, 2.75) is 70.1 Å². The van der Waals surface area contributed by atoms with Crippen molar-refractivity contribution < 1.29 is 33.4 Å². The first-order valence-electron chi connectivity index (χ1n) is 14.9. The van der Waals surface area contributed by atoms with Crippen molar-refractivity contribution in [3.05, 3.63) is 64.7 Å². The summed E-state index contributed by atoms with van der Waals surface area (Å²) in [5, 5.41) is 3.04. The van der Waals surface area contributed by atoms with Gasteiger partial charge in [0.15, 0.2) is 0 Å². The zero-order valence-electron chi connectivity index (χ0n) is 24.6. The second-order valence-corrected chi connectivity index (χ2v) is 11.0. The molecule has 4 rings (SSSR count). The molecule has 0 saturated heterocycles. The Balaban J connectivity index is 1.23. The number of nitrogens with zero attached hydrogens (tertiary/aromatic N) is 1. The number of carbonyl (C=O) groups excluding carboxylic acids is 4. The molecule has 0 unspecified atom stereocenters. The molecule has 0 saturated carbocycles. The van der Waals surface area contributed by atoms with Crippen LogP contribution in [0.1, 0.15) is 54.4 Å². The van der Waals surface area contributed by atoms with Crippen LogP contribution in [-0.4, -0.2) is 68.7 Å². The minimum atomic E-state index is -0.620. The van der Waals surface area contributed by atoms with Crippen LogP contribution in [0.5, 0.6) is 0 Å². The molecule has 11 heteroatoms. The van der Waals surface area contributed by atoms with Crippen molar-refractivity contribution in [3.63, 3.8) is 0 Å². The number of amides is 4. The van der Waals surface area contributed by atoms with Crippen LogP contribution in [0, 0.1) is 0 Å². The fourth-order valence-electron chi connectivity index (χ4n) is 5.54. The van der Waals surface area contributed by atoms with Gasteiger partial charge in [0.1, 0.15) is 12.6 Å². The number of nitrogens with two attached hydrogens (primary N) is 2. The van der Waals surface area contributed by atoms with Crippen molar-refractivity contribution in [2.75, 3.05) is 37.9 Å². The molecule has 0 aliphatic carbocycles. The highest BCUT2D eigenvalue weighted by molar-refractivity contribution is 6.04. The van der Waals surface area contributed by atoms with Gasteiger partial charge in [0.05, 0.1) is 38.2 Å². The monoisotopic (exact) mass is 594 g/mol. The summed E-state index contributed by atoms with van der Waals surface area (Å²) in [5.74, 6) is -1.22. The van der Waals surface area contributed by atoms with Crippen LogP contribution in [0.2, 0.25) is 0 Å². The maximum atomic E-state index is 13.5. The lowest BCUT2D eigenvalue weighted by Crippen LogP contribution is -2.51. The number of hydrogen-bond acceptors (Lipinski definition) is 7. The molecule has 2 aromatic carbocycles. The Morgan fingerprint density at radius 1 is 0.907 bits per heavy atom. The van der Waals surface area contributed by atoms with Gasteiger partial charge in [-0.15, -0.1) is 0 Å². The number of benzene rings is 2. The van der Waals surface area contributed by atoms with E-state index in [0.717, 1.165) is 48.1 Å². The Hall–Kier alpha value is -3.80. The topological polar surface area (TPSA) is 163 Å². The third-order valence-electron chi connectivity index (χ3n) is 7.64. The van der Waals surface area contributed by atoms with E-state index in [2.05, 4.69) is 5.32 Å². The standard InChI is InChI=1S/C32H42N4O7/c33-28(37)14-13-26(35-32(40)27-18-25-7-1-5-24-6-2-8-30(39)36(27)31(24)25)20-43-19-23-11-9-22(10-12-23)4-3-15-41-16-17-42-21-29(34)38/h1,5,7,9-12,26-27H,2-4,6,8,13-21H2,(H2,33,37)(H2,34,38)(H,35,40)/t26-,27-/m0/s1. The normalized spacial score (nSPS) is 16.4. The van der Waals surface area contributed by atoms with E-state index < -0.39 is 23.9 Å². The summed E-state index contributed by atoms with van der Waals surface area (Å²) in [7, 11) is 0. The SMILES string of the molecule is NC(=O)CC[C@@H](COCc1ccc(CCCOCCOCC(N)=O)cc1)NC(=O)[C@@H]1Cc2cccc3c2N1C(=O)CCC3. The summed E-state index contributed by atoms with van der Waals surface area (Å²) >= 11 is 0. The molecule has 11 nitrogen and oxygen atoms in total. The van der Waals surface area contributed by atoms with Gasteiger partial charge in [0, 0.05) is 25.9 Å². The van der Waals surface area contributed by atoms with Crippen LogP contribution in [-0.2, 0) is 59.3 Å². The van der Waals surface area contributed by atoms with Gasteiger partial charge in [-0.1, -0.05) is 42.5 Å². The summed E-state index contributed by atoms with van der Waals surface area (Å²) in [6, 6.07) is 13.1. The summed E-state index contributed by atoms with van der Waals surface area (Å²) in [6.07, 6.45) is 4.63. The highest BCUT2D eigenvalue weighted by Gasteiger charge is 2.41. The van der Waals surface area contributed by atoms with Gasteiger partial charge in [-0.25, -0.2) is 0 Å². The van der Waals surface area contributed by atoms with E-state index in [1.54, 1.807) is 4.90 Å². The van der Waals surface area contributed by atoms with Crippen molar-refractivity contribution in [1.29, 1.82) is 0 Å². The molecule has 4 amide bonds. The maximum Gasteiger partial charge on any atom is 0.243 e. The van der Waals surface area contributed by atoms with Gasteiger partial charge in [0.25, 0.3) is 0 Å². The average molecular weight is 595 g/mol. The predicted octanol–water partition coefficient (Wildman–Crippen LogP) is 1.70. The lowest BCUT2D eigenvalue weighted by molar-refractivity contribution is -0.127. The van der Waals surface area contributed by atoms with Crippen LogP contribution in [0.3, 0.4) is 0 Å². The molecule has 2 atom stereocenters. The quantitative estimate of drug-likeness (QED) is 0.221. The van der Waals surface area contributed by atoms with Crippen molar-refractivity contribution >= 4 is 29.3 Å². The Bertz CT molecular complexity index is 1270. The smallest absolute Gasteiger partial charge is 0.243 e. The van der Waals surface area contributed by atoms with Gasteiger partial charge >= 0.3 is 0 Å². The van der Waals surface area contributed by atoms with Crippen LogP contribution in [0.4, 0.5) is 5.69 Å². The molecule has 0 aromatic heterocycles. The predicted molar refractivity (Wildman–Crippen MR) is 160 cm³/mol. The van der Waals surface area contributed by atoms with E-state index in [1.807, 2.05) is 42.5 Å². The molecule has 2 aliphatic rings. The minimum Gasteiger partial charge on any atom is -0.379 e. The number of para-hydroxylation sites is 1. The van der Waals surface area contributed by atoms with Crippen LogP contribution >= 0.6 is 0 Å². The van der Waals surface area contributed by atoms with Gasteiger partial charge in [0.2, 0.25) is 23.6 Å². The van der Waals surface area contributed by atoms with E-state index in [4.69, 9.17) is 25.7 Å². The average Bonchev–Trinajstić information content (AvgIpc) is 3.30. The molecule has 0 bridgehead atoms. The Kier molecular flexibility index (Phi) is 12.1. The second kappa shape index (κ2) is 16.2. The summed E-state index contributed by atoms with van der Waals surface area (Å²) in [4.78, 5) is 50.3. The molecular weight excluding hydrogens is 552 g/mol. The number of carbonyl (C=O) groups is 4. The lowest BCUT2D eigenvalue weighted by atomic mass is 10.0. The number of primary amides is 2. The molecule has 0 radical (unpaired) electrons. The molecule has 2 aliphatic heterocycles. The Morgan fingerprint density at radius 3 is 2.42 bits per heavy atom. The minimum absolute atomic E-state index is 0.0311. The third kappa shape index (κ3) is 9.60. The number of ether oxygens (including phenoxy) is 3. The first-order chi connectivity index (χ1) is 20.8. The molecule has 2 heterocycles. The van der Waals surface area contributed by atoms with E-state index >= 15 is 0 Å². The number of rotatable bonds is 18. The first kappa shape index (κ1) is 32.1. The van der Waals surface area contributed by atoms with E-state index in [0.29, 0.717) is 45.7 Å². The van der Waals surface area contributed by atoms with Gasteiger partial charge in [-0.3, -0.25) is 24.1 Å². The van der Waals surface area contributed by atoms with Gasteiger partial charge in [-0.05, 0) is 54.4 Å². The first-order valence-corrected chi connectivity index (χ1v) is 14.9. The summed E-state index contributed by atoms with van der Waals surface area (Å²) < 4.78 is 16.5. The number of hydrogen-bond donors (Lipinski definition) is 3. The third-order valence-corrected chi connectivity index (χ3v) is 7.64. The molecule has 5 N–H and O–H groups in total. The van der Waals surface area contributed by atoms with Crippen molar-refractivity contribution in [2.24, 2.45) is 11.5 Å². The lowest BCUT2D eigenvalue weighted by Gasteiger charge is -2.27. The maximum absolute atomic E-state index is 13.5. The second-order valence-electron chi connectivity index (χ2n) is 11.0. The highest BCUT2D eigenvalue weighted by Crippen LogP contribution is 2.38. The molecular formula is C32H42N4O7. The largest absolute Gasteiger partial charge is 0.379 e. The molecule has 0 spiro atoms. The molecule has 2 aromatic rings. The van der Waals surface area contributed by atoms with Crippen LogP contribution < -0.4 is 21.7 Å². The number of anilines is 1. The van der Waals surface area contributed by atoms with Crippen molar-refractivity contribution in [1.82, 2.24) is 5.32 Å². The highest BCUT2D eigenvalue weighted by atomic mass is 16.5. The van der Waals surface area contributed by atoms with E-state index in [-0.39, 0.29) is 31.4 Å². The molecule has 0 fully saturated rings. The van der Waals surface area contributed by atoms with Crippen LogP contribution in [0.25, 0.3) is 0 Å². The van der Waals surface area contributed by atoms with E-state index in [1.165, 1.54) is 5.56 Å². The fraction of sp³-hybridized carbons (Fsp3) is 0.500. The van der Waals surface area contributed by atoms with E-state index in [9.17, 15) is 19.2 Å². The summed E-state index contributed by atoms with van der Waals surface area (Å²) in [5.41, 5.74) is 15.6. The van der Waals surface area contributed by atoms with Crippen molar-refractivity contribution in [3.8, 4) is 0 Å². The molecule has 43 heavy (non-hydrogen) atoms. The number of nitrogens with one attached hydrogen (secondary N) is 1. The summed E-state index contributed by atoms with van der Waals surface area (Å²) in [6.45, 7) is 1.79. The number of aryl methyl sites for hydroxylation is 2. The Labute approximate surface area is 252 Å². The van der Waals surface area contributed by atoms with Gasteiger partial charge < -0.3 is 31.0 Å². The Morgan fingerprint density at radius 2 is 1.65 bits per heavy atom. The zero-order valence-corrected chi connectivity index (χ0v) is 24.6. The zero-order chi connectivity index (χ0) is 30.6. The van der Waals surface area contributed by atoms with Gasteiger partial charge in [-0.2, -0.15) is 0 Å². The van der Waals surface area contributed by atoms with Crippen LogP contribution in [0.15, 0.2) is 42.5 Å².